The highest BCUT2D eigenvalue weighted by Gasteiger charge is 2.11. The third kappa shape index (κ3) is 8.52. The molecule has 0 spiro atoms. The summed E-state index contributed by atoms with van der Waals surface area (Å²) in [5, 5.41) is 3.64. The van der Waals surface area contributed by atoms with Gasteiger partial charge in [-0.3, -0.25) is 0 Å². The predicted octanol–water partition coefficient (Wildman–Crippen LogP) is 2.21. The van der Waals surface area contributed by atoms with E-state index < -0.39 is 0 Å². The Hall–Kier alpha value is -0.0800. The molecule has 86 valence electrons. The van der Waals surface area contributed by atoms with Crippen molar-refractivity contribution >= 4 is 0 Å². The van der Waals surface area contributed by atoms with Gasteiger partial charge in [-0.1, -0.05) is 27.7 Å². The van der Waals surface area contributed by atoms with Gasteiger partial charge in [0, 0.05) is 12.6 Å². The van der Waals surface area contributed by atoms with Gasteiger partial charge in [0.2, 0.25) is 0 Å². The summed E-state index contributed by atoms with van der Waals surface area (Å²) in [5.41, 5.74) is 0. The van der Waals surface area contributed by atoms with Crippen molar-refractivity contribution in [1.82, 2.24) is 10.2 Å². The average Bonchev–Trinajstić information content (AvgIpc) is 1.97. The topological polar surface area (TPSA) is 15.3 Å². The summed E-state index contributed by atoms with van der Waals surface area (Å²) in [6.45, 7) is 11.4. The van der Waals surface area contributed by atoms with E-state index >= 15 is 0 Å². The molecule has 0 rings (SSSR count). The number of hydrogen-bond donors (Lipinski definition) is 1. The van der Waals surface area contributed by atoms with E-state index in [4.69, 9.17) is 0 Å². The Morgan fingerprint density at radius 1 is 1.00 bits per heavy atom. The average molecular weight is 200 g/mol. The summed E-state index contributed by atoms with van der Waals surface area (Å²) in [7, 11) is 4.29. The minimum atomic E-state index is 0.646. The Kier molecular flexibility index (Phi) is 7.20. The van der Waals surface area contributed by atoms with Gasteiger partial charge in [-0.15, -0.1) is 0 Å². The number of nitrogens with zero attached hydrogens (tertiary/aromatic N) is 1. The van der Waals surface area contributed by atoms with Crippen molar-refractivity contribution in [3.05, 3.63) is 0 Å². The quantitative estimate of drug-likeness (QED) is 0.678. The molecular weight excluding hydrogens is 172 g/mol. The van der Waals surface area contributed by atoms with Crippen molar-refractivity contribution in [2.45, 2.75) is 40.2 Å². The highest BCUT2D eigenvalue weighted by Crippen LogP contribution is 2.06. The molecular formula is C12H28N2. The zero-order valence-corrected chi connectivity index (χ0v) is 10.8. The van der Waals surface area contributed by atoms with E-state index in [9.17, 15) is 0 Å². The summed E-state index contributed by atoms with van der Waals surface area (Å²) in [6.07, 6.45) is 1.27. The van der Waals surface area contributed by atoms with Crippen LogP contribution >= 0.6 is 0 Å². The Labute approximate surface area is 90.1 Å². The fraction of sp³-hybridized carbons (Fsp3) is 1.00. The van der Waals surface area contributed by atoms with Crippen LogP contribution < -0.4 is 5.32 Å². The van der Waals surface area contributed by atoms with Gasteiger partial charge >= 0.3 is 0 Å². The number of nitrogens with one attached hydrogen (secondary N) is 1. The highest BCUT2D eigenvalue weighted by molar-refractivity contribution is 4.71. The van der Waals surface area contributed by atoms with Crippen LogP contribution in [0.5, 0.6) is 0 Å². The first-order valence-corrected chi connectivity index (χ1v) is 5.80. The minimum Gasteiger partial charge on any atom is -0.312 e. The first-order chi connectivity index (χ1) is 6.41. The Morgan fingerprint density at radius 3 is 1.93 bits per heavy atom. The molecule has 2 heteroatoms. The molecule has 0 amide bonds. The van der Waals surface area contributed by atoms with Crippen LogP contribution in [0.15, 0.2) is 0 Å². The lowest BCUT2D eigenvalue weighted by atomic mass is 10.0. The van der Waals surface area contributed by atoms with Crippen molar-refractivity contribution in [1.29, 1.82) is 0 Å². The fourth-order valence-electron chi connectivity index (χ4n) is 1.63. The van der Waals surface area contributed by atoms with Crippen LogP contribution in [0.2, 0.25) is 0 Å². The largest absolute Gasteiger partial charge is 0.312 e. The molecule has 0 bridgehead atoms. The van der Waals surface area contributed by atoms with Crippen LogP contribution in [0, 0.1) is 11.8 Å². The van der Waals surface area contributed by atoms with Gasteiger partial charge in [-0.05, 0) is 38.9 Å². The zero-order chi connectivity index (χ0) is 11.1. The minimum absolute atomic E-state index is 0.646. The third-order valence-corrected chi connectivity index (χ3v) is 2.16. The molecule has 0 radical (unpaired) electrons. The lowest BCUT2D eigenvalue weighted by Gasteiger charge is -2.24. The molecule has 1 unspecified atom stereocenters. The van der Waals surface area contributed by atoms with Gasteiger partial charge in [0.05, 0.1) is 0 Å². The summed E-state index contributed by atoms with van der Waals surface area (Å²) < 4.78 is 0. The summed E-state index contributed by atoms with van der Waals surface area (Å²) in [4.78, 5) is 2.26. The van der Waals surface area contributed by atoms with E-state index in [1.807, 2.05) is 0 Å². The molecule has 0 aromatic carbocycles. The van der Waals surface area contributed by atoms with Crippen LogP contribution in [0.1, 0.15) is 34.1 Å². The first-order valence-electron chi connectivity index (χ1n) is 5.80. The van der Waals surface area contributed by atoms with E-state index in [0.717, 1.165) is 24.9 Å². The second-order valence-electron chi connectivity index (χ2n) is 5.39. The van der Waals surface area contributed by atoms with Crippen LogP contribution in [0.4, 0.5) is 0 Å². The van der Waals surface area contributed by atoms with Gasteiger partial charge in [-0.2, -0.15) is 0 Å². The van der Waals surface area contributed by atoms with Crippen LogP contribution in [-0.4, -0.2) is 38.1 Å². The van der Waals surface area contributed by atoms with Crippen molar-refractivity contribution in [2.24, 2.45) is 11.8 Å². The third-order valence-electron chi connectivity index (χ3n) is 2.16. The molecule has 1 atom stereocenters. The van der Waals surface area contributed by atoms with Crippen molar-refractivity contribution in [2.75, 3.05) is 27.2 Å². The molecule has 0 fully saturated rings. The maximum Gasteiger partial charge on any atom is 0.0197 e. The number of hydrogen-bond acceptors (Lipinski definition) is 2. The van der Waals surface area contributed by atoms with Crippen LogP contribution in [-0.2, 0) is 0 Å². The van der Waals surface area contributed by atoms with E-state index in [1.54, 1.807) is 0 Å². The van der Waals surface area contributed by atoms with Crippen molar-refractivity contribution in [3.8, 4) is 0 Å². The van der Waals surface area contributed by atoms with Crippen LogP contribution in [0.25, 0.3) is 0 Å². The normalized spacial score (nSPS) is 14.4. The Balaban J connectivity index is 3.84. The Morgan fingerprint density at radius 2 is 1.57 bits per heavy atom. The summed E-state index contributed by atoms with van der Waals surface area (Å²) >= 11 is 0. The lowest BCUT2D eigenvalue weighted by Crippen LogP contribution is -2.40. The van der Waals surface area contributed by atoms with E-state index in [0.29, 0.717) is 6.04 Å². The van der Waals surface area contributed by atoms with Gasteiger partial charge in [0.15, 0.2) is 0 Å². The van der Waals surface area contributed by atoms with Crippen molar-refractivity contribution in [3.63, 3.8) is 0 Å². The number of likely N-dealkylation sites (N-methyl/N-ethyl adjacent to an activating group) is 1. The van der Waals surface area contributed by atoms with Gasteiger partial charge < -0.3 is 10.2 Å². The van der Waals surface area contributed by atoms with E-state index in [1.165, 1.54) is 6.42 Å². The van der Waals surface area contributed by atoms with Gasteiger partial charge in [0.25, 0.3) is 0 Å². The van der Waals surface area contributed by atoms with Gasteiger partial charge in [-0.25, -0.2) is 0 Å². The second-order valence-corrected chi connectivity index (χ2v) is 5.39. The Bertz CT molecular complexity index is 120. The molecule has 0 aliphatic heterocycles. The maximum atomic E-state index is 3.64. The van der Waals surface area contributed by atoms with E-state index in [-0.39, 0.29) is 0 Å². The maximum absolute atomic E-state index is 3.64. The molecule has 0 aromatic heterocycles. The molecule has 0 saturated carbocycles. The zero-order valence-electron chi connectivity index (χ0n) is 10.8. The highest BCUT2D eigenvalue weighted by atomic mass is 15.1. The predicted molar refractivity (Wildman–Crippen MR) is 64.6 cm³/mol. The number of rotatable bonds is 7. The standard InChI is InChI=1S/C12H28N2/c1-10(2)7-12(9-14(5)6)13-8-11(3)4/h10-13H,7-9H2,1-6H3. The molecule has 0 heterocycles. The monoisotopic (exact) mass is 200 g/mol. The molecule has 0 aliphatic rings. The first kappa shape index (κ1) is 13.9. The van der Waals surface area contributed by atoms with E-state index in [2.05, 4.69) is 52.0 Å². The molecule has 0 saturated heterocycles. The molecule has 0 aromatic rings. The summed E-state index contributed by atoms with van der Waals surface area (Å²) in [6, 6.07) is 0.646. The summed E-state index contributed by atoms with van der Waals surface area (Å²) in [5.74, 6) is 1.52. The lowest BCUT2D eigenvalue weighted by molar-refractivity contribution is 0.299. The SMILES string of the molecule is CC(C)CNC(CC(C)C)CN(C)C. The van der Waals surface area contributed by atoms with Gasteiger partial charge in [0.1, 0.15) is 0 Å². The fourth-order valence-corrected chi connectivity index (χ4v) is 1.63. The molecule has 0 aliphatic carbocycles. The molecule has 14 heavy (non-hydrogen) atoms. The second kappa shape index (κ2) is 7.24. The van der Waals surface area contributed by atoms with Crippen molar-refractivity contribution < 1.29 is 0 Å². The smallest absolute Gasteiger partial charge is 0.0197 e. The molecule has 2 nitrogen and oxygen atoms in total. The van der Waals surface area contributed by atoms with Crippen LogP contribution in [0.3, 0.4) is 0 Å². The molecule has 1 N–H and O–H groups in total.